The largest absolute Gasteiger partial charge is 0.490 e. The van der Waals surface area contributed by atoms with Gasteiger partial charge in [-0.25, -0.2) is 9.78 Å². The van der Waals surface area contributed by atoms with Crippen molar-refractivity contribution in [3.05, 3.63) is 84.6 Å². The van der Waals surface area contributed by atoms with Crippen LogP contribution in [0.3, 0.4) is 0 Å². The summed E-state index contributed by atoms with van der Waals surface area (Å²) in [6, 6.07) is 21.5. The third-order valence-electron chi connectivity index (χ3n) is 6.14. The molecule has 0 aliphatic rings. The van der Waals surface area contributed by atoms with Gasteiger partial charge in [0.1, 0.15) is 11.9 Å². The van der Waals surface area contributed by atoms with E-state index in [1.54, 1.807) is 6.20 Å². The normalized spacial score (nSPS) is 12.1. The molecule has 1 unspecified atom stereocenters. The standard InChI is InChI=1S/C29H34N4O4S.C2HF3O2/c1-38-20-25(32-27(34)12-6-8-18-31-26-11-5-7-17-30-26)29(37)33-24(19-28(35)36)23-15-13-22(14-16-23)21-9-3-2-4-10-21;3-2(4,5)1(6)7/h2-5,7,9-11,13-17,24-25H,6,8,12,18-20H2,1H3,(H,30,31)(H,32,34)(H,33,37)(H,35,36);(H,6,7)/t24?,25-;/m1./s1. The summed E-state index contributed by atoms with van der Waals surface area (Å²) in [5.74, 6) is -3.22. The second-order valence-electron chi connectivity index (χ2n) is 9.62. The van der Waals surface area contributed by atoms with Crippen LogP contribution in [-0.2, 0) is 19.2 Å². The lowest BCUT2D eigenvalue weighted by Crippen LogP contribution is -2.49. The number of carbonyl (C=O) groups excluding carboxylic acids is 2. The third kappa shape index (κ3) is 14.2. The van der Waals surface area contributed by atoms with Crippen LogP contribution in [-0.4, -0.2) is 69.7 Å². The van der Waals surface area contributed by atoms with Gasteiger partial charge >= 0.3 is 18.1 Å². The SMILES string of the molecule is CSC[C@@H](NC(=O)CCCCNc1ccccn1)C(=O)NC(CC(=O)O)c1ccc(-c2ccccc2)cc1.O=C(O)C(F)(F)F. The Balaban J connectivity index is 0.000000900. The number of carboxylic acid groups (broad SMARTS) is 2. The highest BCUT2D eigenvalue weighted by Gasteiger charge is 2.38. The van der Waals surface area contributed by atoms with Crippen LogP contribution in [0, 0.1) is 0 Å². The Hall–Kier alpha value is -4.59. The topological polar surface area (TPSA) is 158 Å². The van der Waals surface area contributed by atoms with Crippen molar-refractivity contribution in [2.45, 2.75) is 43.9 Å². The lowest BCUT2D eigenvalue weighted by molar-refractivity contribution is -0.192. The molecule has 3 rings (SSSR count). The number of alkyl halides is 3. The first-order valence-electron chi connectivity index (χ1n) is 13.8. The smallest absolute Gasteiger partial charge is 0.481 e. The summed E-state index contributed by atoms with van der Waals surface area (Å²) in [4.78, 5) is 50.3. The Labute approximate surface area is 262 Å². The molecule has 1 aromatic heterocycles. The van der Waals surface area contributed by atoms with Crippen molar-refractivity contribution < 1.29 is 42.6 Å². The summed E-state index contributed by atoms with van der Waals surface area (Å²) < 4.78 is 31.7. The van der Waals surface area contributed by atoms with Crippen LogP contribution in [0.25, 0.3) is 11.1 Å². The van der Waals surface area contributed by atoms with E-state index in [-0.39, 0.29) is 12.3 Å². The molecule has 0 saturated carbocycles. The fraction of sp³-hybridized carbons (Fsp3) is 0.323. The van der Waals surface area contributed by atoms with E-state index >= 15 is 0 Å². The number of aliphatic carboxylic acids is 2. The molecule has 0 bridgehead atoms. The Kier molecular flexibility index (Phi) is 15.4. The lowest BCUT2D eigenvalue weighted by atomic mass is 9.99. The van der Waals surface area contributed by atoms with Crippen LogP contribution in [0.5, 0.6) is 0 Å². The molecule has 2 aromatic carbocycles. The number of benzene rings is 2. The van der Waals surface area contributed by atoms with Crippen LogP contribution < -0.4 is 16.0 Å². The second-order valence-corrected chi connectivity index (χ2v) is 10.5. The summed E-state index contributed by atoms with van der Waals surface area (Å²) >= 11 is 1.44. The van der Waals surface area contributed by atoms with Crippen LogP contribution in [0.15, 0.2) is 79.0 Å². The Morgan fingerprint density at radius 2 is 1.49 bits per heavy atom. The van der Waals surface area contributed by atoms with E-state index in [9.17, 15) is 32.7 Å². The number of carbonyl (C=O) groups is 4. The number of aromatic nitrogens is 1. The number of thioether (sulfide) groups is 1. The molecule has 0 saturated heterocycles. The first-order valence-corrected chi connectivity index (χ1v) is 15.2. The maximum Gasteiger partial charge on any atom is 0.490 e. The molecule has 242 valence electrons. The number of unbranched alkanes of at least 4 members (excludes halogenated alkanes) is 1. The van der Waals surface area contributed by atoms with Gasteiger partial charge in [0.15, 0.2) is 0 Å². The predicted octanol–water partition coefficient (Wildman–Crippen LogP) is 5.14. The molecule has 1 heterocycles. The number of halogens is 3. The number of nitrogens with one attached hydrogen (secondary N) is 3. The van der Waals surface area contributed by atoms with Gasteiger partial charge in [-0.3, -0.25) is 14.4 Å². The molecule has 0 spiro atoms. The minimum Gasteiger partial charge on any atom is -0.481 e. The molecular weight excluding hydrogens is 613 g/mol. The average Bonchev–Trinajstić information content (AvgIpc) is 3.01. The van der Waals surface area contributed by atoms with Crippen molar-refractivity contribution in [2.75, 3.05) is 23.9 Å². The van der Waals surface area contributed by atoms with Gasteiger partial charge in [0, 0.05) is 24.9 Å². The van der Waals surface area contributed by atoms with Crippen LogP contribution in [0.1, 0.15) is 37.3 Å². The molecule has 0 aliphatic carbocycles. The number of hydrogen-bond acceptors (Lipinski definition) is 7. The summed E-state index contributed by atoms with van der Waals surface area (Å²) in [5.41, 5.74) is 2.74. The van der Waals surface area contributed by atoms with Gasteiger partial charge < -0.3 is 26.2 Å². The first-order chi connectivity index (χ1) is 21.4. The van der Waals surface area contributed by atoms with E-state index in [1.807, 2.05) is 79.1 Å². The van der Waals surface area contributed by atoms with E-state index in [1.165, 1.54) is 11.8 Å². The molecule has 45 heavy (non-hydrogen) atoms. The minimum atomic E-state index is -5.08. The fourth-order valence-electron chi connectivity index (χ4n) is 3.95. The Morgan fingerprint density at radius 1 is 0.867 bits per heavy atom. The first kappa shape index (κ1) is 36.6. The zero-order valence-corrected chi connectivity index (χ0v) is 25.2. The number of hydrogen-bond donors (Lipinski definition) is 5. The van der Waals surface area contributed by atoms with E-state index in [4.69, 9.17) is 9.90 Å². The summed E-state index contributed by atoms with van der Waals surface area (Å²) in [6.07, 6.45) is -0.0425. The van der Waals surface area contributed by atoms with Gasteiger partial charge in [-0.15, -0.1) is 0 Å². The maximum atomic E-state index is 13.1. The van der Waals surface area contributed by atoms with E-state index in [0.717, 1.165) is 23.4 Å². The molecule has 2 amide bonds. The van der Waals surface area contributed by atoms with Crippen molar-refractivity contribution in [3.63, 3.8) is 0 Å². The number of pyridine rings is 1. The quantitative estimate of drug-likeness (QED) is 0.141. The summed E-state index contributed by atoms with van der Waals surface area (Å²) in [6.45, 7) is 0.693. The molecule has 0 aliphatic heterocycles. The molecule has 10 nitrogen and oxygen atoms in total. The molecular formula is C31H35F3N4O6S. The van der Waals surface area contributed by atoms with Crippen LogP contribution >= 0.6 is 11.8 Å². The number of carboxylic acids is 2. The van der Waals surface area contributed by atoms with Gasteiger partial charge in [-0.05, 0) is 47.9 Å². The number of anilines is 1. The lowest BCUT2D eigenvalue weighted by Gasteiger charge is -2.23. The molecule has 5 N–H and O–H groups in total. The van der Waals surface area contributed by atoms with Crippen molar-refractivity contribution in [1.82, 2.24) is 15.6 Å². The predicted molar refractivity (Wildman–Crippen MR) is 166 cm³/mol. The molecule has 0 radical (unpaired) electrons. The van der Waals surface area contributed by atoms with E-state index < -0.39 is 36.1 Å². The maximum absolute atomic E-state index is 13.1. The Bertz CT molecular complexity index is 1360. The van der Waals surface area contributed by atoms with Gasteiger partial charge in [0.05, 0.1) is 12.5 Å². The van der Waals surface area contributed by atoms with Crippen molar-refractivity contribution in [1.29, 1.82) is 0 Å². The Morgan fingerprint density at radius 3 is 2.04 bits per heavy atom. The van der Waals surface area contributed by atoms with E-state index in [0.29, 0.717) is 30.7 Å². The minimum absolute atomic E-state index is 0.209. The van der Waals surface area contributed by atoms with Gasteiger partial charge in [0.25, 0.3) is 0 Å². The van der Waals surface area contributed by atoms with E-state index in [2.05, 4.69) is 20.9 Å². The summed E-state index contributed by atoms with van der Waals surface area (Å²) in [5, 5.41) is 25.4. The monoisotopic (exact) mass is 648 g/mol. The fourth-order valence-corrected chi connectivity index (χ4v) is 4.52. The van der Waals surface area contributed by atoms with Crippen LogP contribution in [0.2, 0.25) is 0 Å². The zero-order chi connectivity index (χ0) is 33.2. The van der Waals surface area contributed by atoms with Crippen molar-refractivity contribution in [3.8, 4) is 11.1 Å². The zero-order valence-electron chi connectivity index (χ0n) is 24.4. The molecule has 0 fully saturated rings. The average molecular weight is 649 g/mol. The number of amides is 2. The summed E-state index contributed by atoms with van der Waals surface area (Å²) in [7, 11) is 0. The molecule has 2 atom stereocenters. The highest BCUT2D eigenvalue weighted by molar-refractivity contribution is 7.98. The van der Waals surface area contributed by atoms with Crippen molar-refractivity contribution >= 4 is 41.3 Å². The highest BCUT2D eigenvalue weighted by Crippen LogP contribution is 2.24. The molecule has 14 heteroatoms. The third-order valence-corrected chi connectivity index (χ3v) is 6.81. The van der Waals surface area contributed by atoms with Gasteiger partial charge in [-0.2, -0.15) is 24.9 Å². The van der Waals surface area contributed by atoms with Crippen LogP contribution in [0.4, 0.5) is 19.0 Å². The highest BCUT2D eigenvalue weighted by atomic mass is 32.2. The van der Waals surface area contributed by atoms with Gasteiger partial charge in [0.2, 0.25) is 11.8 Å². The van der Waals surface area contributed by atoms with Crippen molar-refractivity contribution in [2.24, 2.45) is 0 Å². The van der Waals surface area contributed by atoms with Gasteiger partial charge in [-0.1, -0.05) is 60.7 Å². The molecule has 3 aromatic rings. The number of rotatable bonds is 15. The second kappa shape index (κ2) is 18.9. The number of nitrogens with zero attached hydrogens (tertiary/aromatic N) is 1.